The number of hydrogen-bond acceptors (Lipinski definition) is 2. The van der Waals surface area contributed by atoms with Crippen molar-refractivity contribution in [2.45, 2.75) is 52.6 Å². The summed E-state index contributed by atoms with van der Waals surface area (Å²) in [5.74, 6) is 0.292. The highest BCUT2D eigenvalue weighted by Crippen LogP contribution is 2.16. The lowest BCUT2D eigenvalue weighted by atomic mass is 10.0. The van der Waals surface area contributed by atoms with Crippen molar-refractivity contribution in [1.29, 1.82) is 0 Å². The summed E-state index contributed by atoms with van der Waals surface area (Å²) < 4.78 is 0. The molecule has 2 aromatic rings. The average molecular weight is 381 g/mol. The van der Waals surface area contributed by atoms with Crippen molar-refractivity contribution in [3.05, 3.63) is 71.8 Å². The minimum Gasteiger partial charge on any atom is -0.354 e. The second-order valence-corrected chi connectivity index (χ2v) is 7.60. The van der Waals surface area contributed by atoms with Crippen molar-refractivity contribution in [2.75, 3.05) is 6.54 Å². The van der Waals surface area contributed by atoms with Crippen molar-refractivity contribution in [1.82, 2.24) is 10.2 Å². The first-order valence-electron chi connectivity index (χ1n) is 10.2. The highest BCUT2D eigenvalue weighted by atomic mass is 16.2. The standard InChI is InChI=1S/C24H32N2O2/c1-4-11-23(27)26(18-21-14-9-6-10-15-21)22(24(28)25-17-19(2)3)16-20-12-7-5-8-13-20/h5-10,12-15,19,22H,4,11,16-18H2,1-3H3,(H,25,28)/t22-/m0/s1. The van der Waals surface area contributed by atoms with Crippen molar-refractivity contribution in [3.8, 4) is 0 Å². The number of carbonyl (C=O) groups excluding carboxylic acids is 2. The zero-order valence-corrected chi connectivity index (χ0v) is 17.2. The molecule has 28 heavy (non-hydrogen) atoms. The molecule has 0 unspecified atom stereocenters. The Bertz CT molecular complexity index is 729. The Balaban J connectivity index is 2.31. The van der Waals surface area contributed by atoms with Crippen molar-refractivity contribution in [2.24, 2.45) is 5.92 Å². The first-order valence-corrected chi connectivity index (χ1v) is 10.2. The minimum absolute atomic E-state index is 0.0204. The molecule has 0 aromatic heterocycles. The van der Waals surface area contributed by atoms with Gasteiger partial charge in [-0.3, -0.25) is 9.59 Å². The van der Waals surface area contributed by atoms with Gasteiger partial charge >= 0.3 is 0 Å². The number of nitrogens with zero attached hydrogens (tertiary/aromatic N) is 1. The number of amides is 2. The van der Waals surface area contributed by atoms with Gasteiger partial charge < -0.3 is 10.2 Å². The zero-order chi connectivity index (χ0) is 20.4. The van der Waals surface area contributed by atoms with Crippen LogP contribution in [0.25, 0.3) is 0 Å². The van der Waals surface area contributed by atoms with Crippen LogP contribution in [-0.2, 0) is 22.6 Å². The molecule has 0 aliphatic carbocycles. The number of carbonyl (C=O) groups is 2. The van der Waals surface area contributed by atoms with Gasteiger partial charge in [0.1, 0.15) is 6.04 Å². The third-order valence-corrected chi connectivity index (χ3v) is 4.62. The quantitative estimate of drug-likeness (QED) is 0.672. The van der Waals surface area contributed by atoms with Gasteiger partial charge in [0.25, 0.3) is 0 Å². The van der Waals surface area contributed by atoms with Gasteiger partial charge in [-0.05, 0) is 23.5 Å². The summed E-state index contributed by atoms with van der Waals surface area (Å²) >= 11 is 0. The van der Waals surface area contributed by atoms with Crippen LogP contribution in [0.5, 0.6) is 0 Å². The first kappa shape index (κ1) is 21.7. The van der Waals surface area contributed by atoms with Gasteiger partial charge in [-0.15, -0.1) is 0 Å². The molecule has 150 valence electrons. The molecule has 1 atom stereocenters. The predicted octanol–water partition coefficient (Wildman–Crippen LogP) is 4.20. The van der Waals surface area contributed by atoms with Crippen LogP contribution in [-0.4, -0.2) is 29.3 Å². The van der Waals surface area contributed by atoms with E-state index in [2.05, 4.69) is 19.2 Å². The lowest BCUT2D eigenvalue weighted by Gasteiger charge is -2.31. The van der Waals surface area contributed by atoms with Crippen molar-refractivity contribution in [3.63, 3.8) is 0 Å². The maximum atomic E-state index is 13.1. The summed E-state index contributed by atoms with van der Waals surface area (Å²) in [5, 5.41) is 3.03. The van der Waals surface area contributed by atoms with E-state index in [1.54, 1.807) is 4.90 Å². The highest BCUT2D eigenvalue weighted by molar-refractivity contribution is 5.88. The van der Waals surface area contributed by atoms with Gasteiger partial charge in [0, 0.05) is 25.9 Å². The normalized spacial score (nSPS) is 11.9. The van der Waals surface area contributed by atoms with E-state index in [4.69, 9.17) is 0 Å². The molecule has 1 N–H and O–H groups in total. The average Bonchev–Trinajstić information content (AvgIpc) is 2.70. The van der Waals surface area contributed by atoms with Gasteiger partial charge in [0.05, 0.1) is 0 Å². The topological polar surface area (TPSA) is 49.4 Å². The zero-order valence-electron chi connectivity index (χ0n) is 17.2. The molecule has 4 nitrogen and oxygen atoms in total. The second-order valence-electron chi connectivity index (χ2n) is 7.60. The van der Waals surface area contributed by atoms with Gasteiger partial charge in [0.2, 0.25) is 11.8 Å². The molecule has 0 heterocycles. The molecule has 0 radical (unpaired) electrons. The van der Waals surface area contributed by atoms with E-state index in [1.807, 2.05) is 67.6 Å². The Morgan fingerprint density at radius 2 is 1.50 bits per heavy atom. The van der Waals surface area contributed by atoms with Crippen LogP contribution in [0.1, 0.15) is 44.7 Å². The lowest BCUT2D eigenvalue weighted by molar-refractivity contribution is -0.141. The molecule has 0 saturated heterocycles. The second kappa shape index (κ2) is 11.3. The Labute approximate surface area is 169 Å². The van der Waals surface area contributed by atoms with E-state index in [0.717, 1.165) is 17.5 Å². The maximum Gasteiger partial charge on any atom is 0.243 e. The minimum atomic E-state index is -0.527. The molecule has 2 rings (SSSR count). The van der Waals surface area contributed by atoms with Crippen LogP contribution in [0, 0.1) is 5.92 Å². The molecule has 0 spiro atoms. The Morgan fingerprint density at radius 3 is 2.04 bits per heavy atom. The van der Waals surface area contributed by atoms with Crippen molar-refractivity contribution >= 4 is 11.8 Å². The van der Waals surface area contributed by atoms with Gasteiger partial charge in [0.15, 0.2) is 0 Å². The van der Waals surface area contributed by atoms with Gasteiger partial charge in [-0.2, -0.15) is 0 Å². The van der Waals surface area contributed by atoms with E-state index < -0.39 is 6.04 Å². The third kappa shape index (κ3) is 6.84. The van der Waals surface area contributed by atoms with E-state index >= 15 is 0 Å². The molecular weight excluding hydrogens is 348 g/mol. The lowest BCUT2D eigenvalue weighted by Crippen LogP contribution is -2.51. The number of benzene rings is 2. The SMILES string of the molecule is CCCC(=O)N(Cc1ccccc1)[C@@H](Cc1ccccc1)C(=O)NCC(C)C. The number of hydrogen-bond donors (Lipinski definition) is 1. The smallest absolute Gasteiger partial charge is 0.243 e. The summed E-state index contributed by atoms with van der Waals surface area (Å²) in [7, 11) is 0. The van der Waals surface area contributed by atoms with Crippen molar-refractivity contribution < 1.29 is 9.59 Å². The molecule has 4 heteroatoms. The summed E-state index contributed by atoms with van der Waals surface area (Å²) in [6.07, 6.45) is 1.71. The predicted molar refractivity (Wildman–Crippen MR) is 114 cm³/mol. The maximum absolute atomic E-state index is 13.1. The largest absolute Gasteiger partial charge is 0.354 e. The molecule has 0 aliphatic heterocycles. The Kier molecular flexibility index (Phi) is 8.73. The molecular formula is C24H32N2O2. The molecule has 0 bridgehead atoms. The fraction of sp³-hybridized carbons (Fsp3) is 0.417. The van der Waals surface area contributed by atoms with Crippen LogP contribution in [0.2, 0.25) is 0 Å². The highest BCUT2D eigenvalue weighted by Gasteiger charge is 2.29. The summed E-state index contributed by atoms with van der Waals surface area (Å²) in [4.78, 5) is 27.8. The molecule has 0 fully saturated rings. The van der Waals surface area contributed by atoms with E-state index in [9.17, 15) is 9.59 Å². The summed E-state index contributed by atoms with van der Waals surface area (Å²) in [6.45, 7) is 7.16. The Hall–Kier alpha value is -2.62. The van der Waals surface area contributed by atoms with Crippen LogP contribution < -0.4 is 5.32 Å². The van der Waals surface area contributed by atoms with Crippen LogP contribution in [0.4, 0.5) is 0 Å². The van der Waals surface area contributed by atoms with Crippen LogP contribution >= 0.6 is 0 Å². The van der Waals surface area contributed by atoms with Gasteiger partial charge in [-0.1, -0.05) is 81.4 Å². The summed E-state index contributed by atoms with van der Waals surface area (Å²) in [5.41, 5.74) is 2.08. The van der Waals surface area contributed by atoms with E-state index in [-0.39, 0.29) is 11.8 Å². The van der Waals surface area contributed by atoms with E-state index in [0.29, 0.717) is 31.8 Å². The fourth-order valence-corrected chi connectivity index (χ4v) is 3.11. The molecule has 2 aromatic carbocycles. The molecule has 0 saturated carbocycles. The number of rotatable bonds is 10. The first-order chi connectivity index (χ1) is 13.5. The van der Waals surface area contributed by atoms with E-state index in [1.165, 1.54) is 0 Å². The third-order valence-electron chi connectivity index (χ3n) is 4.62. The monoisotopic (exact) mass is 380 g/mol. The number of nitrogens with one attached hydrogen (secondary N) is 1. The fourth-order valence-electron chi connectivity index (χ4n) is 3.11. The van der Waals surface area contributed by atoms with Crippen LogP contribution in [0.3, 0.4) is 0 Å². The molecule has 0 aliphatic rings. The van der Waals surface area contributed by atoms with Gasteiger partial charge in [-0.25, -0.2) is 0 Å². The molecule has 2 amide bonds. The van der Waals surface area contributed by atoms with Crippen LogP contribution in [0.15, 0.2) is 60.7 Å². The summed E-state index contributed by atoms with van der Waals surface area (Å²) in [6, 6.07) is 19.3. The Morgan fingerprint density at radius 1 is 0.929 bits per heavy atom.